The van der Waals surface area contributed by atoms with Crippen molar-refractivity contribution in [3.63, 3.8) is 0 Å². The molecule has 2 aliphatic carbocycles. The molecule has 0 radical (unpaired) electrons. The lowest BCUT2D eigenvalue weighted by Gasteiger charge is -2.39. The first kappa shape index (κ1) is 20.1. The molecule has 5 unspecified atom stereocenters. The first-order valence-corrected chi connectivity index (χ1v) is 11.6. The van der Waals surface area contributed by atoms with Crippen molar-refractivity contribution in [2.75, 3.05) is 13.1 Å². The van der Waals surface area contributed by atoms with Crippen molar-refractivity contribution in [3.05, 3.63) is 35.9 Å². The van der Waals surface area contributed by atoms with E-state index in [-0.39, 0.29) is 33.8 Å². The topological polar surface area (TPSA) is 64.6 Å². The van der Waals surface area contributed by atoms with Gasteiger partial charge in [0.2, 0.25) is 0 Å². The number of halogens is 1. The van der Waals surface area contributed by atoms with E-state index in [1.54, 1.807) is 0 Å². The summed E-state index contributed by atoms with van der Waals surface area (Å²) in [4.78, 5) is 25.1. The summed E-state index contributed by atoms with van der Waals surface area (Å²) in [5, 5.41) is 3.37. The molecule has 3 aliphatic rings. The van der Waals surface area contributed by atoms with Crippen LogP contribution < -0.4 is 5.32 Å². The third kappa shape index (κ3) is 3.95. The predicted octanol–water partition coefficient (Wildman–Crippen LogP) is 3.59. The summed E-state index contributed by atoms with van der Waals surface area (Å²) in [6.07, 6.45) is 4.11. The lowest BCUT2D eigenvalue weighted by Crippen LogP contribution is -2.45. The summed E-state index contributed by atoms with van der Waals surface area (Å²) in [5.41, 5.74) is 0.573. The van der Waals surface area contributed by atoms with Gasteiger partial charge >= 0.3 is 11.9 Å². The van der Waals surface area contributed by atoms with Gasteiger partial charge in [-0.1, -0.05) is 52.9 Å². The maximum absolute atomic E-state index is 13.2. The molecule has 6 heteroatoms. The number of fused-ring (bicyclic) bond motifs is 2. The molecule has 0 spiro atoms. The van der Waals surface area contributed by atoms with Crippen molar-refractivity contribution in [1.29, 1.82) is 0 Å². The zero-order chi connectivity index (χ0) is 19.7. The van der Waals surface area contributed by atoms with Gasteiger partial charge in [0.15, 0.2) is 0 Å². The van der Waals surface area contributed by atoms with Crippen LogP contribution in [0.15, 0.2) is 30.3 Å². The monoisotopic (exact) mass is 497 g/mol. The fraction of sp³-hybridized carbons (Fsp3) is 0.636. The van der Waals surface area contributed by atoms with E-state index < -0.39 is 5.60 Å². The summed E-state index contributed by atoms with van der Waals surface area (Å²) < 4.78 is 11.8. The molecule has 1 heterocycles. The first-order valence-electron chi connectivity index (χ1n) is 10.3. The minimum Gasteiger partial charge on any atom is -0.461 e. The molecule has 1 saturated heterocycles. The Kier molecular flexibility index (Phi) is 5.97. The molecule has 0 aromatic heterocycles. The molecule has 152 valence electrons. The zero-order valence-corrected chi connectivity index (χ0v) is 18.4. The number of alkyl halides is 1. The number of benzene rings is 1. The van der Waals surface area contributed by atoms with Gasteiger partial charge in [-0.2, -0.15) is 0 Å². The molecule has 1 aromatic carbocycles. The van der Waals surface area contributed by atoms with Crippen LogP contribution in [0.2, 0.25) is 0 Å². The van der Waals surface area contributed by atoms with Gasteiger partial charge in [0.1, 0.15) is 15.6 Å². The number of carbonyl (C=O) groups excluding carboxylic acids is 2. The second-order valence-electron chi connectivity index (χ2n) is 8.46. The molecule has 3 fully saturated rings. The van der Waals surface area contributed by atoms with Gasteiger partial charge in [-0.3, -0.25) is 9.59 Å². The molecule has 2 saturated carbocycles. The fourth-order valence-corrected chi connectivity index (χ4v) is 5.34. The highest BCUT2D eigenvalue weighted by Gasteiger charge is 2.52. The largest absolute Gasteiger partial charge is 0.461 e. The average Bonchev–Trinajstić information content (AvgIpc) is 3.30. The Morgan fingerprint density at radius 1 is 1.11 bits per heavy atom. The van der Waals surface area contributed by atoms with E-state index in [9.17, 15) is 9.59 Å². The highest BCUT2D eigenvalue weighted by molar-refractivity contribution is 14.1. The van der Waals surface area contributed by atoms with Crippen LogP contribution in [0.3, 0.4) is 0 Å². The van der Waals surface area contributed by atoms with Gasteiger partial charge in [-0.05, 0) is 56.7 Å². The van der Waals surface area contributed by atoms with Crippen LogP contribution in [0.5, 0.6) is 0 Å². The number of rotatable bonds is 5. The van der Waals surface area contributed by atoms with E-state index in [4.69, 9.17) is 9.47 Å². The Hall–Kier alpha value is -1.15. The van der Waals surface area contributed by atoms with Gasteiger partial charge in [0.25, 0.3) is 0 Å². The van der Waals surface area contributed by atoms with Crippen molar-refractivity contribution >= 4 is 34.5 Å². The number of piperidine rings is 1. The van der Waals surface area contributed by atoms with Crippen LogP contribution >= 0.6 is 22.6 Å². The Labute approximate surface area is 180 Å². The normalized spacial score (nSPS) is 31.9. The van der Waals surface area contributed by atoms with E-state index in [2.05, 4.69) is 40.0 Å². The molecule has 0 amide bonds. The van der Waals surface area contributed by atoms with Crippen LogP contribution in [-0.4, -0.2) is 35.1 Å². The van der Waals surface area contributed by atoms with Crippen molar-refractivity contribution in [2.45, 2.75) is 54.7 Å². The second-order valence-corrected chi connectivity index (χ2v) is 10.3. The second kappa shape index (κ2) is 8.30. The minimum absolute atomic E-state index is 0.0271. The van der Waals surface area contributed by atoms with Crippen LogP contribution in [0.4, 0.5) is 0 Å². The van der Waals surface area contributed by atoms with E-state index in [1.807, 2.05) is 25.1 Å². The Morgan fingerprint density at radius 2 is 1.82 bits per heavy atom. The standard InChI is InChI=1S/C22H28INO4/c1-14(23)20(25)27-19-13-15-11-16(19)12-18(15)21(26)28-22(7-9-24-10-8-22)17-5-3-2-4-6-17/h2-6,14-16,18-19,24H,7-13H2,1H3. The Bertz CT molecular complexity index is 717. The number of hydrogen-bond donors (Lipinski definition) is 1. The molecule has 5 atom stereocenters. The van der Waals surface area contributed by atoms with Crippen molar-refractivity contribution in [2.24, 2.45) is 17.8 Å². The summed E-state index contributed by atoms with van der Waals surface area (Å²) in [5.74, 6) is 0.296. The third-order valence-electron chi connectivity index (χ3n) is 6.69. The smallest absolute Gasteiger partial charge is 0.318 e. The number of ether oxygens (including phenoxy) is 2. The van der Waals surface area contributed by atoms with Crippen LogP contribution in [0.25, 0.3) is 0 Å². The Balaban J connectivity index is 1.42. The van der Waals surface area contributed by atoms with Gasteiger partial charge in [-0.15, -0.1) is 0 Å². The van der Waals surface area contributed by atoms with E-state index in [0.717, 1.165) is 50.8 Å². The number of nitrogens with one attached hydrogen (secondary N) is 1. The number of esters is 2. The predicted molar refractivity (Wildman–Crippen MR) is 114 cm³/mol. The van der Waals surface area contributed by atoms with Gasteiger partial charge in [0.05, 0.1) is 5.92 Å². The van der Waals surface area contributed by atoms with Gasteiger partial charge in [-0.25, -0.2) is 0 Å². The van der Waals surface area contributed by atoms with Crippen molar-refractivity contribution in [1.82, 2.24) is 5.32 Å². The molecule has 2 bridgehead atoms. The van der Waals surface area contributed by atoms with Crippen LogP contribution in [0, 0.1) is 17.8 Å². The number of carbonyl (C=O) groups is 2. The maximum Gasteiger partial charge on any atom is 0.318 e. The van der Waals surface area contributed by atoms with Gasteiger partial charge in [0, 0.05) is 12.8 Å². The molecule has 1 aromatic rings. The van der Waals surface area contributed by atoms with E-state index in [0.29, 0.717) is 5.92 Å². The highest BCUT2D eigenvalue weighted by Crippen LogP contribution is 2.51. The van der Waals surface area contributed by atoms with Crippen LogP contribution in [-0.2, 0) is 24.7 Å². The highest BCUT2D eigenvalue weighted by atomic mass is 127. The van der Waals surface area contributed by atoms with Crippen LogP contribution in [0.1, 0.15) is 44.6 Å². The van der Waals surface area contributed by atoms with Crippen molar-refractivity contribution < 1.29 is 19.1 Å². The first-order chi connectivity index (χ1) is 13.5. The summed E-state index contributed by atoms with van der Waals surface area (Å²) in [6.45, 7) is 3.55. The maximum atomic E-state index is 13.2. The molecular formula is C22H28INO4. The summed E-state index contributed by atoms with van der Waals surface area (Å²) in [7, 11) is 0. The van der Waals surface area contributed by atoms with E-state index >= 15 is 0 Å². The molecular weight excluding hydrogens is 469 g/mol. The fourth-order valence-electron chi connectivity index (χ4n) is 5.19. The number of hydrogen-bond acceptors (Lipinski definition) is 5. The SMILES string of the molecule is CC(I)C(=O)OC1CC2CC1CC2C(=O)OC1(c2ccccc2)CCNCC1. The summed E-state index contributed by atoms with van der Waals surface area (Å²) in [6, 6.07) is 10.2. The van der Waals surface area contributed by atoms with Gasteiger partial charge < -0.3 is 14.8 Å². The molecule has 5 nitrogen and oxygen atoms in total. The zero-order valence-electron chi connectivity index (χ0n) is 16.2. The lowest BCUT2D eigenvalue weighted by atomic mass is 9.83. The average molecular weight is 497 g/mol. The quantitative estimate of drug-likeness (QED) is 0.383. The lowest BCUT2D eigenvalue weighted by molar-refractivity contribution is -0.172. The molecule has 28 heavy (non-hydrogen) atoms. The molecule has 1 aliphatic heterocycles. The van der Waals surface area contributed by atoms with E-state index in [1.165, 1.54) is 0 Å². The summed E-state index contributed by atoms with van der Waals surface area (Å²) >= 11 is 2.08. The van der Waals surface area contributed by atoms with Crippen molar-refractivity contribution in [3.8, 4) is 0 Å². The third-order valence-corrected chi connectivity index (χ3v) is 7.20. The Morgan fingerprint density at radius 3 is 2.43 bits per heavy atom. The molecule has 4 rings (SSSR count). The molecule has 1 N–H and O–H groups in total. The minimum atomic E-state index is -0.520.